The maximum Gasteiger partial charge on any atom is 0.270 e. The molecule has 20 heavy (non-hydrogen) atoms. The van der Waals surface area contributed by atoms with Crippen LogP contribution in [0.3, 0.4) is 0 Å². The van der Waals surface area contributed by atoms with Gasteiger partial charge in [0.25, 0.3) is 9.05 Å². The number of hydrogen-bond donors (Lipinski definition) is 1. The molecule has 1 N–H and O–H groups in total. The van der Waals surface area contributed by atoms with Crippen LogP contribution in [0, 0.1) is 5.92 Å². The van der Waals surface area contributed by atoms with E-state index in [0.717, 1.165) is 41.9 Å². The number of carbonyl (C=O) groups is 1. The van der Waals surface area contributed by atoms with Crippen LogP contribution in [0.5, 0.6) is 0 Å². The summed E-state index contributed by atoms with van der Waals surface area (Å²) in [6.45, 7) is 0.367. The molecule has 112 valence electrons. The number of nitrogens with one attached hydrogen (secondary N) is 1. The van der Waals surface area contributed by atoms with E-state index in [9.17, 15) is 13.2 Å². The lowest BCUT2D eigenvalue weighted by Gasteiger charge is -2.13. The van der Waals surface area contributed by atoms with E-state index in [0.29, 0.717) is 6.54 Å². The maximum atomic E-state index is 12.1. The highest BCUT2D eigenvalue weighted by atomic mass is 35.7. The average molecular weight is 336 g/mol. The Morgan fingerprint density at radius 1 is 1.25 bits per heavy atom. The van der Waals surface area contributed by atoms with E-state index in [1.165, 1.54) is 18.9 Å². The lowest BCUT2D eigenvalue weighted by atomic mass is 9.99. The molecule has 0 aliphatic heterocycles. The quantitative estimate of drug-likeness (QED) is 0.678. The second-order valence-corrected chi connectivity index (χ2v) is 9.03. The molecule has 1 heterocycles. The highest BCUT2D eigenvalue weighted by molar-refractivity contribution is 8.15. The van der Waals surface area contributed by atoms with E-state index in [1.807, 2.05) is 0 Å². The van der Waals surface area contributed by atoms with Gasteiger partial charge in [-0.1, -0.05) is 25.7 Å². The van der Waals surface area contributed by atoms with Crippen molar-refractivity contribution < 1.29 is 13.2 Å². The van der Waals surface area contributed by atoms with Gasteiger partial charge in [-0.15, -0.1) is 11.3 Å². The maximum absolute atomic E-state index is 12.1. The van der Waals surface area contributed by atoms with Crippen LogP contribution < -0.4 is 5.32 Å². The van der Waals surface area contributed by atoms with Crippen LogP contribution in [-0.4, -0.2) is 14.3 Å². The first-order valence-corrected chi connectivity index (χ1v) is 9.90. The van der Waals surface area contributed by atoms with Gasteiger partial charge in [0.05, 0.1) is 6.54 Å². The fourth-order valence-corrected chi connectivity index (χ4v) is 4.51. The van der Waals surface area contributed by atoms with Crippen molar-refractivity contribution in [1.29, 1.82) is 0 Å². The number of amides is 1. The molecule has 0 atom stereocenters. The van der Waals surface area contributed by atoms with Crippen molar-refractivity contribution in [2.24, 2.45) is 5.92 Å². The van der Waals surface area contributed by atoms with Gasteiger partial charge in [-0.05, 0) is 25.0 Å². The van der Waals surface area contributed by atoms with Gasteiger partial charge in [0.2, 0.25) is 5.91 Å². The number of carbonyl (C=O) groups excluding carboxylic acids is 1. The van der Waals surface area contributed by atoms with Crippen LogP contribution in [0.15, 0.2) is 16.3 Å². The summed E-state index contributed by atoms with van der Waals surface area (Å²) in [4.78, 5) is 12.9. The van der Waals surface area contributed by atoms with Crippen LogP contribution >= 0.6 is 22.0 Å². The van der Waals surface area contributed by atoms with Crippen molar-refractivity contribution in [3.05, 3.63) is 17.0 Å². The van der Waals surface area contributed by atoms with Crippen LogP contribution in [0.2, 0.25) is 0 Å². The number of halogens is 1. The number of thiophene rings is 1. The Morgan fingerprint density at radius 3 is 2.45 bits per heavy atom. The third kappa shape index (κ3) is 4.46. The average Bonchev–Trinajstić information content (AvgIpc) is 2.70. The summed E-state index contributed by atoms with van der Waals surface area (Å²) in [6, 6.07) is 3.16. The van der Waals surface area contributed by atoms with E-state index in [-0.39, 0.29) is 16.0 Å². The lowest BCUT2D eigenvalue weighted by molar-refractivity contribution is -0.125. The first-order chi connectivity index (χ1) is 9.47. The zero-order chi connectivity index (χ0) is 14.6. The van der Waals surface area contributed by atoms with Crippen LogP contribution in [-0.2, 0) is 20.4 Å². The SMILES string of the molecule is O=C(NCc1ccc(S(=O)(=O)Cl)s1)C1CCCCCC1. The molecule has 0 radical (unpaired) electrons. The Morgan fingerprint density at radius 2 is 1.90 bits per heavy atom. The van der Waals surface area contributed by atoms with Gasteiger partial charge in [0.1, 0.15) is 4.21 Å². The summed E-state index contributed by atoms with van der Waals surface area (Å²) in [6.07, 6.45) is 6.57. The number of rotatable bonds is 4. The first-order valence-electron chi connectivity index (χ1n) is 6.78. The predicted molar refractivity (Wildman–Crippen MR) is 80.4 cm³/mol. The molecule has 0 bridgehead atoms. The van der Waals surface area contributed by atoms with Crippen molar-refractivity contribution in [2.75, 3.05) is 0 Å². The summed E-state index contributed by atoms with van der Waals surface area (Å²) >= 11 is 1.10. The molecule has 0 spiro atoms. The lowest BCUT2D eigenvalue weighted by Crippen LogP contribution is -2.29. The van der Waals surface area contributed by atoms with Gasteiger partial charge in [0, 0.05) is 21.5 Å². The zero-order valence-electron chi connectivity index (χ0n) is 11.1. The molecule has 7 heteroatoms. The Bertz CT molecular complexity index is 560. The summed E-state index contributed by atoms with van der Waals surface area (Å²) in [5.74, 6) is 0.185. The molecular formula is C13H18ClNO3S2. The van der Waals surface area contributed by atoms with Crippen molar-refractivity contribution in [2.45, 2.75) is 49.3 Å². The van der Waals surface area contributed by atoms with Crippen molar-refractivity contribution in [3.63, 3.8) is 0 Å². The summed E-state index contributed by atoms with van der Waals surface area (Å²) in [5.41, 5.74) is 0. The van der Waals surface area contributed by atoms with Crippen LogP contribution in [0.4, 0.5) is 0 Å². The third-order valence-corrected chi connectivity index (χ3v) is 6.72. The van der Waals surface area contributed by atoms with Gasteiger partial charge in [-0.2, -0.15) is 0 Å². The van der Waals surface area contributed by atoms with Crippen LogP contribution in [0.25, 0.3) is 0 Å². The van der Waals surface area contributed by atoms with Crippen molar-refractivity contribution >= 4 is 37.0 Å². The van der Waals surface area contributed by atoms with E-state index < -0.39 is 9.05 Å². The fourth-order valence-electron chi connectivity index (χ4n) is 2.44. The molecule has 1 aliphatic carbocycles. The standard InChI is InChI=1S/C13H18ClNO3S2/c14-20(17,18)12-8-7-11(19-12)9-15-13(16)10-5-3-1-2-4-6-10/h7-8,10H,1-6,9H2,(H,15,16). The van der Waals surface area contributed by atoms with E-state index in [1.54, 1.807) is 6.07 Å². The first kappa shape index (κ1) is 15.8. The molecule has 0 unspecified atom stereocenters. The molecule has 0 aromatic carbocycles. The minimum atomic E-state index is -3.67. The number of hydrogen-bond acceptors (Lipinski definition) is 4. The van der Waals surface area contributed by atoms with Crippen LogP contribution in [0.1, 0.15) is 43.4 Å². The minimum Gasteiger partial charge on any atom is -0.351 e. The smallest absolute Gasteiger partial charge is 0.270 e. The Balaban J connectivity index is 1.88. The molecular weight excluding hydrogens is 318 g/mol. The monoisotopic (exact) mass is 335 g/mol. The third-order valence-electron chi connectivity index (χ3n) is 3.54. The molecule has 1 saturated carbocycles. The Kier molecular flexibility index (Phi) is 5.46. The predicted octanol–water partition coefficient (Wildman–Crippen LogP) is 3.26. The van der Waals surface area contributed by atoms with Gasteiger partial charge >= 0.3 is 0 Å². The second-order valence-electron chi connectivity index (χ2n) is 5.06. The molecule has 1 aromatic heterocycles. The van der Waals surface area contributed by atoms with Crippen molar-refractivity contribution in [3.8, 4) is 0 Å². The highest BCUT2D eigenvalue weighted by Gasteiger charge is 2.20. The van der Waals surface area contributed by atoms with Gasteiger partial charge in [-0.3, -0.25) is 4.79 Å². The molecule has 1 amide bonds. The zero-order valence-corrected chi connectivity index (χ0v) is 13.5. The normalized spacial score (nSPS) is 17.6. The summed E-state index contributed by atoms with van der Waals surface area (Å²) in [7, 11) is 1.60. The van der Waals surface area contributed by atoms with E-state index in [2.05, 4.69) is 5.32 Å². The Hall–Kier alpha value is -0.590. The van der Waals surface area contributed by atoms with Gasteiger partial charge in [-0.25, -0.2) is 8.42 Å². The summed E-state index contributed by atoms with van der Waals surface area (Å²) < 4.78 is 22.4. The fraction of sp³-hybridized carbons (Fsp3) is 0.615. The molecule has 0 saturated heterocycles. The van der Waals surface area contributed by atoms with E-state index in [4.69, 9.17) is 10.7 Å². The molecule has 1 aromatic rings. The topological polar surface area (TPSA) is 63.2 Å². The van der Waals surface area contributed by atoms with Gasteiger partial charge in [0.15, 0.2) is 0 Å². The van der Waals surface area contributed by atoms with E-state index >= 15 is 0 Å². The van der Waals surface area contributed by atoms with Crippen molar-refractivity contribution in [1.82, 2.24) is 5.32 Å². The molecule has 2 rings (SSSR count). The molecule has 1 aliphatic rings. The second kappa shape index (κ2) is 6.91. The largest absolute Gasteiger partial charge is 0.351 e. The van der Waals surface area contributed by atoms with Gasteiger partial charge < -0.3 is 5.32 Å². The minimum absolute atomic E-state index is 0.0792. The summed E-state index contributed by atoms with van der Waals surface area (Å²) in [5, 5.41) is 2.89. The Labute approximate surface area is 127 Å². The highest BCUT2D eigenvalue weighted by Crippen LogP contribution is 2.25. The molecule has 1 fully saturated rings. The molecule has 4 nitrogen and oxygen atoms in total.